The molecule has 0 aromatic heterocycles. The molecule has 16 N–H and O–H groups in total. The van der Waals surface area contributed by atoms with Crippen LogP contribution in [-0.2, 0) is 52.2 Å². The van der Waals surface area contributed by atoms with Gasteiger partial charge in [-0.15, -0.1) is 0 Å². The maximum absolute atomic E-state index is 13.6. The summed E-state index contributed by atoms with van der Waals surface area (Å²) in [6.07, 6.45) is -0.160. The van der Waals surface area contributed by atoms with Gasteiger partial charge in [-0.05, 0) is 64.7 Å². The van der Waals surface area contributed by atoms with Crippen LogP contribution in [0.25, 0.3) is 0 Å². The lowest BCUT2D eigenvalue weighted by Crippen LogP contribution is -2.60. The van der Waals surface area contributed by atoms with Gasteiger partial charge >= 0.3 is 13.8 Å². The summed E-state index contributed by atoms with van der Waals surface area (Å²) < 4.78 is 16.1. The Bertz CT molecular complexity index is 1600. The molecule has 0 spiro atoms. The molecular weight excluding hydrogens is 829 g/mol. The molecule has 0 rings (SSSR count). The molecule has 0 radical (unpaired) electrons. The molecule has 25 nitrogen and oxygen atoms in total. The number of guanidine groups is 1. The highest BCUT2D eigenvalue weighted by atomic mass is 31.2. The first kappa shape index (κ1) is 55.8. The average molecular weight is 894 g/mol. The number of hydrogen-bond acceptors (Lipinski definition) is 13. The fourth-order valence-corrected chi connectivity index (χ4v) is 5.55. The molecule has 0 aliphatic heterocycles. The molecule has 0 aliphatic carbocycles. The number of carboxylic acid groups (broad SMARTS) is 1. The number of aliphatic carboxylic acids is 1. The fourth-order valence-electron chi connectivity index (χ4n) is 5.20. The minimum Gasteiger partial charge on any atom is -0.481 e. The fraction of sp³-hybridized carbons (Fsp3) is 0.714. The number of rotatable bonds is 29. The van der Waals surface area contributed by atoms with Crippen molar-refractivity contribution in [3.8, 4) is 0 Å². The van der Waals surface area contributed by atoms with Gasteiger partial charge in [0.25, 0.3) is 0 Å². The Kier molecular flexibility index (Phi) is 25.2. The lowest BCUT2D eigenvalue weighted by molar-refractivity contribution is -0.138. The van der Waals surface area contributed by atoms with Crippen molar-refractivity contribution in [1.29, 1.82) is 0 Å². The molecule has 61 heavy (non-hydrogen) atoms. The van der Waals surface area contributed by atoms with Gasteiger partial charge in [0.15, 0.2) is 5.96 Å². The molecule has 7 amide bonds. The van der Waals surface area contributed by atoms with Gasteiger partial charge in [0.2, 0.25) is 41.4 Å². The maximum Gasteiger partial charge on any atom is 0.469 e. The maximum atomic E-state index is 13.6. The number of aldehydes is 1. The first-order valence-electron chi connectivity index (χ1n) is 19.5. The number of phosphoric acid groups is 1. The number of nitrogens with one attached hydrogen (secondary N) is 7. The zero-order valence-corrected chi connectivity index (χ0v) is 36.4. The van der Waals surface area contributed by atoms with E-state index < -0.39 is 123 Å². The molecule has 0 aliphatic rings. The number of nitrogens with two attached hydrogens (primary N) is 3. The van der Waals surface area contributed by atoms with E-state index in [1.807, 2.05) is 0 Å². The Hall–Kier alpha value is -5.23. The van der Waals surface area contributed by atoms with E-state index in [1.54, 1.807) is 27.7 Å². The third-order valence-corrected chi connectivity index (χ3v) is 8.87. The summed E-state index contributed by atoms with van der Waals surface area (Å²) in [4.78, 5) is 137. The summed E-state index contributed by atoms with van der Waals surface area (Å²) in [7, 11) is -5.23. The van der Waals surface area contributed by atoms with Gasteiger partial charge < -0.3 is 74.1 Å². The summed E-state index contributed by atoms with van der Waals surface area (Å²) in [5, 5.41) is 25.9. The number of carbonyl (C=O) groups is 9. The predicted octanol–water partition coefficient (Wildman–Crippen LogP) is -3.91. The Morgan fingerprint density at radius 1 is 0.639 bits per heavy atom. The van der Waals surface area contributed by atoms with Crippen LogP contribution in [0.2, 0.25) is 0 Å². The van der Waals surface area contributed by atoms with Gasteiger partial charge in [0.1, 0.15) is 42.5 Å². The zero-order valence-electron chi connectivity index (χ0n) is 35.5. The highest BCUT2D eigenvalue weighted by Gasteiger charge is 2.34. The van der Waals surface area contributed by atoms with Gasteiger partial charge in [-0.2, -0.15) is 0 Å². The van der Waals surface area contributed by atoms with E-state index in [9.17, 15) is 62.6 Å². The predicted molar refractivity (Wildman–Crippen MR) is 218 cm³/mol. The number of aliphatic imine (C=N–C) groups is 1. The Balaban J connectivity index is 6.19. The van der Waals surface area contributed by atoms with Crippen LogP contribution < -0.4 is 54.4 Å². The number of hydrogen-bond donors (Lipinski definition) is 13. The van der Waals surface area contributed by atoms with E-state index in [1.165, 1.54) is 20.8 Å². The summed E-state index contributed by atoms with van der Waals surface area (Å²) in [5.41, 5.74) is 16.1. The van der Waals surface area contributed by atoms with Crippen molar-refractivity contribution in [2.45, 2.75) is 135 Å². The topological polar surface area (TPSA) is 415 Å². The molecule has 26 heteroatoms. The second-order valence-corrected chi connectivity index (χ2v) is 16.4. The van der Waals surface area contributed by atoms with Gasteiger partial charge in [0, 0.05) is 13.0 Å². The van der Waals surface area contributed by atoms with Crippen molar-refractivity contribution in [1.82, 2.24) is 37.2 Å². The highest BCUT2D eigenvalue weighted by Crippen LogP contribution is 2.35. The standard InChI is InChI=1S/C35H64N11O14P/c1-17(2)13-24(32(54)41-21(7)29(51)43-23(10-11-27(48)49)31(53)42-22(15-47)9-8-12-39-35(37)38)45-34(56)26(16-60-61(57,58)59)46-33(55)25(14-18(3)4)44-30(52)20(6)40-28(50)19(5)36/h15,17-26H,8-14,16,36H2,1-7H3,(H,40,50)(H,41,54)(H,42,53)(H,43,51)(H,44,52)(H,45,56)(H,46,55)(H,48,49)(H4,37,38,39)(H2,57,58,59)/t19-,20-,21-,22-,23-,24-,25-,26-/m0/s1. The van der Waals surface area contributed by atoms with Crippen molar-refractivity contribution in [2.75, 3.05) is 13.2 Å². The molecule has 348 valence electrons. The van der Waals surface area contributed by atoms with Crippen LogP contribution in [0.4, 0.5) is 0 Å². The molecule has 0 bridgehead atoms. The number of carboxylic acids is 1. The molecule has 0 aromatic carbocycles. The minimum absolute atomic E-state index is 0.00867. The van der Waals surface area contributed by atoms with Crippen LogP contribution in [-0.4, -0.2) is 136 Å². The van der Waals surface area contributed by atoms with E-state index in [0.717, 1.165) is 0 Å². The molecular formula is C35H64N11O14P. The minimum atomic E-state index is -5.23. The van der Waals surface area contributed by atoms with Crippen LogP contribution in [0, 0.1) is 11.8 Å². The molecule has 0 heterocycles. The summed E-state index contributed by atoms with van der Waals surface area (Å²) in [6, 6.07) is -10.6. The summed E-state index contributed by atoms with van der Waals surface area (Å²) >= 11 is 0. The number of phosphoric ester groups is 1. The SMILES string of the molecule is CC(C)C[C@H](NC(=O)[C@H](C)NC(=O)[C@H](C)N)C(=O)N[C@@H](COP(=O)(O)O)C(=O)N[C@@H](CC(C)C)C(=O)N[C@@H](C)C(=O)N[C@@H](CCC(=O)O)C(=O)N[C@H](C=O)CCCN=C(N)N. The van der Waals surface area contributed by atoms with E-state index in [0.29, 0.717) is 12.7 Å². The Morgan fingerprint density at radius 2 is 1.07 bits per heavy atom. The first-order chi connectivity index (χ1) is 28.2. The van der Waals surface area contributed by atoms with Crippen molar-refractivity contribution in [3.63, 3.8) is 0 Å². The first-order valence-corrected chi connectivity index (χ1v) is 21.0. The van der Waals surface area contributed by atoms with Gasteiger partial charge in [-0.1, -0.05) is 27.7 Å². The lowest BCUT2D eigenvalue weighted by atomic mass is 10.0. The largest absolute Gasteiger partial charge is 0.481 e. The second-order valence-electron chi connectivity index (χ2n) is 15.2. The molecule has 8 atom stereocenters. The third kappa shape index (κ3) is 24.6. The van der Waals surface area contributed by atoms with E-state index >= 15 is 0 Å². The second kappa shape index (κ2) is 27.6. The van der Waals surface area contributed by atoms with Crippen LogP contribution in [0.3, 0.4) is 0 Å². The lowest BCUT2D eigenvalue weighted by Gasteiger charge is -2.28. The summed E-state index contributed by atoms with van der Waals surface area (Å²) in [5.74, 6) is -8.31. The van der Waals surface area contributed by atoms with Crippen LogP contribution in [0.15, 0.2) is 4.99 Å². The molecule has 0 fully saturated rings. The average Bonchev–Trinajstić information content (AvgIpc) is 3.13. The smallest absolute Gasteiger partial charge is 0.469 e. The van der Waals surface area contributed by atoms with Gasteiger partial charge in [-0.3, -0.25) is 47.9 Å². The quantitative estimate of drug-likeness (QED) is 0.0112. The number of amides is 7. The Morgan fingerprint density at radius 3 is 1.51 bits per heavy atom. The van der Waals surface area contributed by atoms with E-state index in [4.69, 9.17) is 17.2 Å². The molecule has 0 unspecified atom stereocenters. The van der Waals surface area contributed by atoms with Crippen molar-refractivity contribution >= 4 is 67.4 Å². The normalized spacial score (nSPS) is 15.3. The van der Waals surface area contributed by atoms with E-state index in [2.05, 4.69) is 46.7 Å². The molecule has 0 saturated carbocycles. The van der Waals surface area contributed by atoms with E-state index in [-0.39, 0.29) is 43.6 Å². The van der Waals surface area contributed by atoms with Crippen LogP contribution >= 0.6 is 7.82 Å². The van der Waals surface area contributed by atoms with Crippen molar-refractivity contribution in [3.05, 3.63) is 0 Å². The van der Waals surface area contributed by atoms with Gasteiger partial charge in [-0.25, -0.2) is 4.57 Å². The zero-order chi connectivity index (χ0) is 47.2. The number of carbonyl (C=O) groups excluding carboxylic acids is 8. The van der Waals surface area contributed by atoms with Gasteiger partial charge in [0.05, 0.1) is 18.7 Å². The van der Waals surface area contributed by atoms with Crippen molar-refractivity contribution < 1.29 is 67.1 Å². The monoisotopic (exact) mass is 893 g/mol. The highest BCUT2D eigenvalue weighted by molar-refractivity contribution is 7.46. The third-order valence-electron chi connectivity index (χ3n) is 8.38. The summed E-state index contributed by atoms with van der Waals surface area (Å²) in [6.45, 7) is 9.85. The Labute approximate surface area is 353 Å². The number of nitrogens with zero attached hydrogens (tertiary/aromatic N) is 1. The van der Waals surface area contributed by atoms with Crippen LogP contribution in [0.5, 0.6) is 0 Å². The van der Waals surface area contributed by atoms with Crippen LogP contribution in [0.1, 0.15) is 87.0 Å². The molecule has 0 saturated heterocycles. The molecule has 0 aromatic rings. The van der Waals surface area contributed by atoms with Crippen molar-refractivity contribution in [2.24, 2.45) is 34.0 Å².